The molecule has 0 unspecified atom stereocenters. The average molecular weight is 332 g/mol. The Kier molecular flexibility index (Phi) is 4.39. The van der Waals surface area contributed by atoms with Crippen LogP contribution < -0.4 is 0 Å². The van der Waals surface area contributed by atoms with Gasteiger partial charge in [-0.1, -0.05) is 54.1 Å². The van der Waals surface area contributed by atoms with E-state index in [1.807, 2.05) is 30.3 Å². The Morgan fingerprint density at radius 3 is 2.30 bits per heavy atom. The number of amides is 1. The Morgan fingerprint density at radius 2 is 1.70 bits per heavy atom. The lowest BCUT2D eigenvalue weighted by atomic mass is 9.85. The van der Waals surface area contributed by atoms with Crippen molar-refractivity contribution in [2.75, 3.05) is 7.05 Å². The van der Waals surface area contributed by atoms with Crippen LogP contribution in [-0.4, -0.2) is 40.2 Å². The van der Waals surface area contributed by atoms with Crippen LogP contribution in [0.3, 0.4) is 0 Å². The topological polar surface area (TPSA) is 60.8 Å². The minimum absolute atomic E-state index is 0.384. The van der Waals surface area contributed by atoms with Crippen LogP contribution in [0.5, 0.6) is 0 Å². The number of nitrogens with zero attached hydrogens (tertiary/aromatic N) is 1. The molecule has 1 amide bonds. The summed E-state index contributed by atoms with van der Waals surface area (Å²) < 4.78 is 0. The largest absolute Gasteiger partial charge is 0.386 e. The van der Waals surface area contributed by atoms with E-state index < -0.39 is 24.2 Å². The molecule has 120 valence electrons. The number of likely N-dealkylation sites (tertiary alicyclic amines) is 1. The predicted octanol–water partition coefficient (Wildman–Crippen LogP) is 2.36. The Hall–Kier alpha value is -1.88. The maximum absolute atomic E-state index is 12.2. The van der Waals surface area contributed by atoms with Crippen LogP contribution in [0.2, 0.25) is 5.02 Å². The van der Waals surface area contributed by atoms with Crippen LogP contribution in [0.15, 0.2) is 54.6 Å². The second kappa shape index (κ2) is 6.32. The van der Waals surface area contributed by atoms with Crippen LogP contribution >= 0.6 is 11.6 Å². The van der Waals surface area contributed by atoms with Crippen molar-refractivity contribution in [3.8, 4) is 0 Å². The molecule has 1 saturated heterocycles. The minimum atomic E-state index is -1.18. The number of halogens is 1. The molecule has 0 aromatic heterocycles. The van der Waals surface area contributed by atoms with E-state index in [1.165, 1.54) is 4.90 Å². The lowest BCUT2D eigenvalue weighted by Gasteiger charge is -2.30. The molecule has 1 aliphatic rings. The van der Waals surface area contributed by atoms with Crippen molar-refractivity contribution in [2.24, 2.45) is 0 Å². The first-order valence-electron chi connectivity index (χ1n) is 7.44. The number of carbonyl (C=O) groups is 1. The first-order chi connectivity index (χ1) is 11.0. The zero-order valence-corrected chi connectivity index (χ0v) is 13.4. The quantitative estimate of drug-likeness (QED) is 0.907. The van der Waals surface area contributed by atoms with Gasteiger partial charge < -0.3 is 15.1 Å². The van der Waals surface area contributed by atoms with Crippen molar-refractivity contribution < 1.29 is 15.0 Å². The summed E-state index contributed by atoms with van der Waals surface area (Å²) in [7, 11) is 1.61. The molecule has 0 aliphatic carbocycles. The second-order valence-corrected chi connectivity index (χ2v) is 6.25. The zero-order valence-electron chi connectivity index (χ0n) is 12.6. The summed E-state index contributed by atoms with van der Waals surface area (Å²) in [6.07, 6.45) is -2.06. The lowest BCUT2D eigenvalue weighted by molar-refractivity contribution is -0.135. The molecule has 0 radical (unpaired) electrons. The van der Waals surface area contributed by atoms with Crippen molar-refractivity contribution >= 4 is 17.5 Å². The van der Waals surface area contributed by atoms with Gasteiger partial charge in [-0.2, -0.15) is 0 Å². The van der Waals surface area contributed by atoms with Gasteiger partial charge >= 0.3 is 0 Å². The molecule has 1 fully saturated rings. The van der Waals surface area contributed by atoms with Crippen molar-refractivity contribution in [1.29, 1.82) is 0 Å². The van der Waals surface area contributed by atoms with Gasteiger partial charge in [-0.3, -0.25) is 4.79 Å². The first-order valence-corrected chi connectivity index (χ1v) is 7.81. The summed E-state index contributed by atoms with van der Waals surface area (Å²) in [6, 6.07) is 15.6. The number of aliphatic hydroxyl groups is 2. The van der Waals surface area contributed by atoms with Crippen molar-refractivity contribution in [3.63, 3.8) is 0 Å². The molecule has 0 saturated carbocycles. The first kappa shape index (κ1) is 16.0. The lowest BCUT2D eigenvalue weighted by Crippen LogP contribution is -2.36. The monoisotopic (exact) mass is 331 g/mol. The number of likely N-dealkylation sites (N-methyl/N-ethyl adjacent to an activating group) is 1. The standard InChI is InChI=1S/C18H18ClNO3/c1-20-15(16(21)12-5-3-2-4-6-12)14(17(22)18(20)23)11-7-9-13(19)10-8-11/h2-10,14-17,21-22H,1H3/t14-,15+,16-,17+/m0/s1. The van der Waals surface area contributed by atoms with Gasteiger partial charge in [0.2, 0.25) is 0 Å². The predicted molar refractivity (Wildman–Crippen MR) is 88.2 cm³/mol. The van der Waals surface area contributed by atoms with Crippen molar-refractivity contribution in [2.45, 2.75) is 24.2 Å². The fourth-order valence-corrected chi connectivity index (χ4v) is 3.38. The summed E-state index contributed by atoms with van der Waals surface area (Å²) in [4.78, 5) is 13.7. The molecule has 1 aliphatic heterocycles. The molecule has 5 heteroatoms. The van der Waals surface area contributed by atoms with E-state index in [-0.39, 0.29) is 5.91 Å². The number of hydrogen-bond acceptors (Lipinski definition) is 3. The van der Waals surface area contributed by atoms with Gasteiger partial charge in [0.1, 0.15) is 12.2 Å². The molecular weight excluding hydrogens is 314 g/mol. The molecule has 2 aromatic rings. The van der Waals surface area contributed by atoms with Gasteiger partial charge in [0, 0.05) is 18.0 Å². The highest BCUT2D eigenvalue weighted by atomic mass is 35.5. The fraction of sp³-hybridized carbons (Fsp3) is 0.278. The molecule has 2 N–H and O–H groups in total. The van der Waals surface area contributed by atoms with E-state index in [9.17, 15) is 15.0 Å². The van der Waals surface area contributed by atoms with E-state index in [4.69, 9.17) is 11.6 Å². The maximum atomic E-state index is 12.2. The van der Waals surface area contributed by atoms with Gasteiger partial charge in [0.15, 0.2) is 0 Å². The molecule has 0 spiro atoms. The third kappa shape index (κ3) is 2.85. The van der Waals surface area contributed by atoms with Gasteiger partial charge in [0.25, 0.3) is 5.91 Å². The smallest absolute Gasteiger partial charge is 0.252 e. The van der Waals surface area contributed by atoms with E-state index >= 15 is 0 Å². The third-order valence-corrected chi connectivity index (χ3v) is 4.73. The van der Waals surface area contributed by atoms with Gasteiger partial charge in [-0.05, 0) is 23.3 Å². The summed E-state index contributed by atoms with van der Waals surface area (Å²) in [5, 5.41) is 21.7. The van der Waals surface area contributed by atoms with E-state index in [1.54, 1.807) is 31.3 Å². The molecule has 0 bridgehead atoms. The fourth-order valence-electron chi connectivity index (χ4n) is 3.26. The Morgan fingerprint density at radius 1 is 1.09 bits per heavy atom. The molecule has 3 rings (SSSR count). The molecule has 23 heavy (non-hydrogen) atoms. The highest BCUT2D eigenvalue weighted by molar-refractivity contribution is 6.30. The van der Waals surface area contributed by atoms with Crippen molar-refractivity contribution in [1.82, 2.24) is 4.90 Å². The molecule has 2 aromatic carbocycles. The summed E-state index contributed by atoms with van der Waals surface area (Å²) >= 11 is 5.92. The van der Waals surface area contributed by atoms with Crippen LogP contribution in [0.1, 0.15) is 23.1 Å². The van der Waals surface area contributed by atoms with Crippen LogP contribution in [0.4, 0.5) is 0 Å². The normalized spacial score (nSPS) is 25.7. The SMILES string of the molecule is CN1C(=O)[C@H](O)[C@@H](c2ccc(Cl)cc2)[C@@H]1[C@@H](O)c1ccccc1. The highest BCUT2D eigenvalue weighted by Gasteiger charge is 2.49. The molecule has 4 nitrogen and oxygen atoms in total. The highest BCUT2D eigenvalue weighted by Crippen LogP contribution is 2.40. The molecule has 4 atom stereocenters. The van der Waals surface area contributed by atoms with E-state index in [0.29, 0.717) is 10.6 Å². The van der Waals surface area contributed by atoms with Crippen LogP contribution in [0.25, 0.3) is 0 Å². The zero-order chi connectivity index (χ0) is 16.6. The number of carbonyl (C=O) groups excluding carboxylic acids is 1. The average Bonchev–Trinajstić information content (AvgIpc) is 2.80. The summed E-state index contributed by atoms with van der Waals surface area (Å²) in [6.45, 7) is 0. The van der Waals surface area contributed by atoms with E-state index in [0.717, 1.165) is 5.56 Å². The second-order valence-electron chi connectivity index (χ2n) is 5.82. The Balaban J connectivity index is 2.01. The van der Waals surface area contributed by atoms with Crippen LogP contribution in [-0.2, 0) is 4.79 Å². The van der Waals surface area contributed by atoms with Crippen molar-refractivity contribution in [3.05, 3.63) is 70.7 Å². The van der Waals surface area contributed by atoms with Gasteiger partial charge in [-0.25, -0.2) is 0 Å². The summed E-state index contributed by atoms with van der Waals surface area (Å²) in [5.41, 5.74) is 1.49. The van der Waals surface area contributed by atoms with E-state index in [2.05, 4.69) is 0 Å². The summed E-state index contributed by atoms with van der Waals surface area (Å²) in [5.74, 6) is -0.898. The van der Waals surface area contributed by atoms with Crippen LogP contribution in [0, 0.1) is 0 Å². The van der Waals surface area contributed by atoms with Gasteiger partial charge in [0.05, 0.1) is 6.04 Å². The minimum Gasteiger partial charge on any atom is -0.386 e. The number of aliphatic hydroxyl groups excluding tert-OH is 2. The maximum Gasteiger partial charge on any atom is 0.252 e. The molecular formula is C18H18ClNO3. The van der Waals surface area contributed by atoms with Gasteiger partial charge in [-0.15, -0.1) is 0 Å². The molecule has 1 heterocycles. The Labute approximate surface area is 139 Å². The number of benzene rings is 2. The number of hydrogen-bond donors (Lipinski definition) is 2. The number of rotatable bonds is 3. The third-order valence-electron chi connectivity index (χ3n) is 4.48. The Bertz CT molecular complexity index is 689.